The highest BCUT2D eigenvalue weighted by atomic mass is 35.5. The number of ether oxygens (including phenoxy) is 1. The Bertz CT molecular complexity index is 342. The molecule has 16 heavy (non-hydrogen) atoms. The molecule has 0 aromatic carbocycles. The van der Waals surface area contributed by atoms with E-state index in [0.717, 1.165) is 5.69 Å². The summed E-state index contributed by atoms with van der Waals surface area (Å²) >= 11 is 5.61. The predicted molar refractivity (Wildman–Crippen MR) is 60.0 cm³/mol. The van der Waals surface area contributed by atoms with Gasteiger partial charge in [0.1, 0.15) is 5.15 Å². The molecule has 1 rings (SSSR count). The van der Waals surface area contributed by atoms with Crippen molar-refractivity contribution >= 4 is 17.6 Å². The quantitative estimate of drug-likeness (QED) is 0.726. The second-order valence-electron chi connectivity index (χ2n) is 3.31. The van der Waals surface area contributed by atoms with Crippen molar-refractivity contribution in [1.29, 1.82) is 0 Å². The van der Waals surface area contributed by atoms with E-state index in [1.54, 1.807) is 18.0 Å². The number of nitrogens with zero attached hydrogens (tertiary/aromatic N) is 3. The van der Waals surface area contributed by atoms with E-state index in [4.69, 9.17) is 16.3 Å². The van der Waals surface area contributed by atoms with E-state index in [9.17, 15) is 4.79 Å². The molecule has 0 N–H and O–H groups in total. The van der Waals surface area contributed by atoms with Crippen LogP contribution in [0.15, 0.2) is 12.4 Å². The maximum Gasteiger partial charge on any atom is 0.320 e. The van der Waals surface area contributed by atoms with Crippen molar-refractivity contribution in [2.45, 2.75) is 13.5 Å². The summed E-state index contributed by atoms with van der Waals surface area (Å²) < 4.78 is 4.83. The zero-order valence-corrected chi connectivity index (χ0v) is 10.1. The standard InChI is InChI=1S/C10H14ClN3O2/c1-3-16-10(15)7-14(2)6-8-4-13-9(11)5-12-8/h4-5H,3,6-7H2,1-2H3. The van der Waals surface area contributed by atoms with Crippen molar-refractivity contribution in [3.05, 3.63) is 23.2 Å². The Morgan fingerprint density at radius 3 is 2.81 bits per heavy atom. The summed E-state index contributed by atoms with van der Waals surface area (Å²) in [5, 5.41) is 0.358. The third kappa shape index (κ3) is 4.55. The van der Waals surface area contributed by atoms with Gasteiger partial charge in [0, 0.05) is 6.54 Å². The highest BCUT2D eigenvalue weighted by molar-refractivity contribution is 6.29. The van der Waals surface area contributed by atoms with Crippen molar-refractivity contribution in [2.24, 2.45) is 0 Å². The van der Waals surface area contributed by atoms with Crippen molar-refractivity contribution in [3.8, 4) is 0 Å². The van der Waals surface area contributed by atoms with Crippen molar-refractivity contribution in [3.63, 3.8) is 0 Å². The maximum absolute atomic E-state index is 11.2. The van der Waals surface area contributed by atoms with E-state index < -0.39 is 0 Å². The molecule has 0 bridgehead atoms. The van der Waals surface area contributed by atoms with Gasteiger partial charge in [0.25, 0.3) is 0 Å². The Balaban J connectivity index is 2.42. The molecule has 0 amide bonds. The molecule has 88 valence electrons. The summed E-state index contributed by atoms with van der Waals surface area (Å²) in [5.74, 6) is -0.244. The van der Waals surface area contributed by atoms with Gasteiger partial charge >= 0.3 is 5.97 Å². The first kappa shape index (κ1) is 12.9. The van der Waals surface area contributed by atoms with Crippen LogP contribution in [-0.4, -0.2) is 41.0 Å². The summed E-state index contributed by atoms with van der Waals surface area (Å²) in [4.78, 5) is 21.0. The zero-order valence-electron chi connectivity index (χ0n) is 9.31. The number of hydrogen-bond donors (Lipinski definition) is 0. The number of rotatable bonds is 5. The molecule has 0 spiro atoms. The highest BCUT2D eigenvalue weighted by Crippen LogP contribution is 2.03. The lowest BCUT2D eigenvalue weighted by molar-refractivity contribution is -0.144. The van der Waals surface area contributed by atoms with E-state index in [0.29, 0.717) is 18.3 Å². The lowest BCUT2D eigenvalue weighted by Crippen LogP contribution is -2.27. The van der Waals surface area contributed by atoms with Crippen LogP contribution < -0.4 is 0 Å². The van der Waals surface area contributed by atoms with Crippen LogP contribution in [0.2, 0.25) is 5.15 Å². The van der Waals surface area contributed by atoms with E-state index >= 15 is 0 Å². The van der Waals surface area contributed by atoms with Crippen LogP contribution >= 0.6 is 11.6 Å². The van der Waals surface area contributed by atoms with Gasteiger partial charge in [-0.25, -0.2) is 4.98 Å². The van der Waals surface area contributed by atoms with E-state index in [2.05, 4.69) is 9.97 Å². The number of carbonyl (C=O) groups excluding carboxylic acids is 1. The summed E-state index contributed by atoms with van der Waals surface area (Å²) in [5.41, 5.74) is 0.760. The molecule has 0 saturated heterocycles. The van der Waals surface area contributed by atoms with Gasteiger partial charge in [0.05, 0.1) is 31.2 Å². The van der Waals surface area contributed by atoms with Crippen LogP contribution in [0.4, 0.5) is 0 Å². The number of esters is 1. The number of halogens is 1. The average Bonchev–Trinajstić information content (AvgIpc) is 2.21. The molecule has 0 radical (unpaired) electrons. The second-order valence-corrected chi connectivity index (χ2v) is 3.70. The summed E-state index contributed by atoms with van der Waals surface area (Å²) in [6.45, 7) is 2.94. The van der Waals surface area contributed by atoms with Gasteiger partial charge in [-0.3, -0.25) is 14.7 Å². The third-order valence-electron chi connectivity index (χ3n) is 1.81. The fraction of sp³-hybridized carbons (Fsp3) is 0.500. The van der Waals surface area contributed by atoms with Gasteiger partial charge in [-0.2, -0.15) is 0 Å². The molecule has 0 fully saturated rings. The molecule has 0 atom stereocenters. The Morgan fingerprint density at radius 1 is 1.50 bits per heavy atom. The molecule has 0 aliphatic heterocycles. The number of aromatic nitrogens is 2. The number of carbonyl (C=O) groups is 1. The maximum atomic E-state index is 11.2. The fourth-order valence-electron chi connectivity index (χ4n) is 1.18. The molecule has 5 nitrogen and oxygen atoms in total. The van der Waals surface area contributed by atoms with Gasteiger partial charge < -0.3 is 4.74 Å². The zero-order chi connectivity index (χ0) is 12.0. The van der Waals surface area contributed by atoms with Gasteiger partial charge in [-0.1, -0.05) is 11.6 Å². The molecule has 1 aromatic heterocycles. The van der Waals surface area contributed by atoms with E-state index in [1.807, 2.05) is 7.05 Å². The number of hydrogen-bond acceptors (Lipinski definition) is 5. The first-order valence-corrected chi connectivity index (χ1v) is 5.30. The molecule has 1 aromatic rings. The fourth-order valence-corrected chi connectivity index (χ4v) is 1.28. The summed E-state index contributed by atoms with van der Waals surface area (Å²) in [6, 6.07) is 0. The van der Waals surface area contributed by atoms with Gasteiger partial charge in [0.15, 0.2) is 0 Å². The van der Waals surface area contributed by atoms with Crippen molar-refractivity contribution in [1.82, 2.24) is 14.9 Å². The Labute approximate surface area is 99.4 Å². The van der Waals surface area contributed by atoms with Crippen LogP contribution in [0, 0.1) is 0 Å². The molecule has 0 unspecified atom stereocenters. The van der Waals surface area contributed by atoms with Crippen LogP contribution in [0.1, 0.15) is 12.6 Å². The van der Waals surface area contributed by atoms with Gasteiger partial charge in [-0.05, 0) is 14.0 Å². The summed E-state index contributed by atoms with van der Waals surface area (Å²) in [7, 11) is 1.81. The van der Waals surface area contributed by atoms with Crippen molar-refractivity contribution in [2.75, 3.05) is 20.2 Å². The molecular weight excluding hydrogens is 230 g/mol. The van der Waals surface area contributed by atoms with Crippen LogP contribution in [0.25, 0.3) is 0 Å². The van der Waals surface area contributed by atoms with Crippen LogP contribution in [0.3, 0.4) is 0 Å². The second kappa shape index (κ2) is 6.40. The normalized spacial score (nSPS) is 10.5. The minimum atomic E-state index is -0.244. The van der Waals surface area contributed by atoms with Gasteiger partial charge in [-0.15, -0.1) is 0 Å². The highest BCUT2D eigenvalue weighted by Gasteiger charge is 2.08. The Morgan fingerprint density at radius 2 is 2.25 bits per heavy atom. The average molecular weight is 244 g/mol. The largest absolute Gasteiger partial charge is 0.465 e. The Kier molecular flexibility index (Phi) is 5.14. The molecule has 6 heteroatoms. The van der Waals surface area contributed by atoms with Crippen molar-refractivity contribution < 1.29 is 9.53 Å². The van der Waals surface area contributed by atoms with Crippen LogP contribution in [-0.2, 0) is 16.1 Å². The monoisotopic (exact) mass is 243 g/mol. The minimum Gasteiger partial charge on any atom is -0.465 e. The predicted octanol–water partition coefficient (Wildman–Crippen LogP) is 1.12. The minimum absolute atomic E-state index is 0.234. The first-order chi connectivity index (χ1) is 7.61. The molecule has 0 aliphatic carbocycles. The Hall–Kier alpha value is -1.20. The van der Waals surface area contributed by atoms with E-state index in [1.165, 1.54) is 6.20 Å². The third-order valence-corrected chi connectivity index (χ3v) is 2.01. The molecule has 0 aliphatic rings. The SMILES string of the molecule is CCOC(=O)CN(C)Cc1cnc(Cl)cn1. The molecule has 1 heterocycles. The topological polar surface area (TPSA) is 55.3 Å². The molecular formula is C10H14ClN3O2. The van der Waals surface area contributed by atoms with Crippen LogP contribution in [0.5, 0.6) is 0 Å². The van der Waals surface area contributed by atoms with E-state index in [-0.39, 0.29) is 12.5 Å². The first-order valence-electron chi connectivity index (χ1n) is 4.92. The lowest BCUT2D eigenvalue weighted by Gasteiger charge is -2.14. The smallest absolute Gasteiger partial charge is 0.320 e. The number of likely N-dealkylation sites (N-methyl/N-ethyl adjacent to an activating group) is 1. The summed E-state index contributed by atoms with van der Waals surface area (Å²) in [6.07, 6.45) is 3.07. The molecule has 0 saturated carbocycles. The van der Waals surface area contributed by atoms with Gasteiger partial charge in [0.2, 0.25) is 0 Å². The lowest BCUT2D eigenvalue weighted by atomic mass is 10.4.